The van der Waals surface area contributed by atoms with Crippen molar-refractivity contribution in [1.29, 1.82) is 0 Å². The molecule has 1 atom stereocenters. The van der Waals surface area contributed by atoms with Crippen LogP contribution < -0.4 is 0 Å². The van der Waals surface area contributed by atoms with E-state index in [2.05, 4.69) is 0 Å². The van der Waals surface area contributed by atoms with Crippen molar-refractivity contribution in [3.63, 3.8) is 0 Å². The Kier molecular flexibility index (Phi) is 3.95. The van der Waals surface area contributed by atoms with Gasteiger partial charge in [0.05, 0.1) is 0 Å². The van der Waals surface area contributed by atoms with Crippen molar-refractivity contribution in [3.05, 3.63) is 35.9 Å². The second-order valence-corrected chi connectivity index (χ2v) is 6.20. The molecule has 1 aromatic carbocycles. The van der Waals surface area contributed by atoms with Gasteiger partial charge in [-0.05, 0) is 31.2 Å². The van der Waals surface area contributed by atoms with Crippen LogP contribution in [0.25, 0.3) is 0 Å². The molecule has 0 spiro atoms. The molecule has 2 aliphatic rings. The Hall–Kier alpha value is -1.84. The molecule has 0 bridgehead atoms. The lowest BCUT2D eigenvalue weighted by Gasteiger charge is -2.41. The third-order valence-electron chi connectivity index (χ3n) is 4.68. The van der Waals surface area contributed by atoms with Crippen molar-refractivity contribution in [1.82, 2.24) is 9.80 Å². The van der Waals surface area contributed by atoms with E-state index in [1.165, 1.54) is 19.3 Å². The van der Waals surface area contributed by atoms with Crippen molar-refractivity contribution >= 4 is 11.8 Å². The molecule has 21 heavy (non-hydrogen) atoms. The summed E-state index contributed by atoms with van der Waals surface area (Å²) in [5, 5.41) is 0. The maximum Gasteiger partial charge on any atom is 0.245 e. The lowest BCUT2D eigenvalue weighted by molar-refractivity contribution is -0.156. The van der Waals surface area contributed by atoms with Gasteiger partial charge in [-0.25, -0.2) is 0 Å². The van der Waals surface area contributed by atoms with Crippen molar-refractivity contribution < 1.29 is 9.59 Å². The highest BCUT2D eigenvalue weighted by atomic mass is 16.2. The lowest BCUT2D eigenvalue weighted by atomic mass is 9.84. The number of piperazine rings is 1. The molecule has 4 nitrogen and oxygen atoms in total. The van der Waals surface area contributed by atoms with Gasteiger partial charge in [0, 0.05) is 13.1 Å². The minimum atomic E-state index is -0.324. The molecule has 1 saturated heterocycles. The molecule has 1 saturated carbocycles. The molecule has 0 aromatic heterocycles. The van der Waals surface area contributed by atoms with Crippen molar-refractivity contribution in [2.75, 3.05) is 13.1 Å². The van der Waals surface area contributed by atoms with E-state index < -0.39 is 0 Å². The zero-order valence-electron chi connectivity index (χ0n) is 12.5. The molecule has 112 valence electrons. The van der Waals surface area contributed by atoms with Gasteiger partial charge >= 0.3 is 0 Å². The summed E-state index contributed by atoms with van der Waals surface area (Å²) in [5.74, 6) is 0.757. The second kappa shape index (κ2) is 5.88. The molecule has 1 aliphatic carbocycles. The SMILES string of the molecule is C[C@@H]1C(=O)N(Cc2ccccc2)CC(=O)N1CC1CCC1. The molecule has 3 rings (SSSR count). The van der Waals surface area contributed by atoms with Crippen LogP contribution in [-0.4, -0.2) is 40.7 Å². The zero-order chi connectivity index (χ0) is 14.8. The first-order valence-electron chi connectivity index (χ1n) is 7.77. The van der Waals surface area contributed by atoms with Crippen LogP contribution in [0.5, 0.6) is 0 Å². The van der Waals surface area contributed by atoms with Gasteiger partial charge in [0.2, 0.25) is 11.8 Å². The summed E-state index contributed by atoms with van der Waals surface area (Å²) in [4.78, 5) is 28.3. The molecular weight excluding hydrogens is 264 g/mol. The average molecular weight is 286 g/mol. The van der Waals surface area contributed by atoms with Crippen molar-refractivity contribution in [2.45, 2.75) is 38.8 Å². The monoisotopic (exact) mass is 286 g/mol. The van der Waals surface area contributed by atoms with Gasteiger partial charge in [-0.2, -0.15) is 0 Å². The van der Waals surface area contributed by atoms with Gasteiger partial charge in [0.1, 0.15) is 12.6 Å². The second-order valence-electron chi connectivity index (χ2n) is 6.20. The fraction of sp³-hybridized carbons (Fsp3) is 0.529. The van der Waals surface area contributed by atoms with Gasteiger partial charge in [0.25, 0.3) is 0 Å². The molecular formula is C17H22N2O2. The largest absolute Gasteiger partial charge is 0.329 e. The molecule has 2 amide bonds. The summed E-state index contributed by atoms with van der Waals surface area (Å²) >= 11 is 0. The molecule has 2 fully saturated rings. The summed E-state index contributed by atoms with van der Waals surface area (Å²) < 4.78 is 0. The topological polar surface area (TPSA) is 40.6 Å². The summed E-state index contributed by atoms with van der Waals surface area (Å²) in [5.41, 5.74) is 1.07. The Bertz CT molecular complexity index is 525. The van der Waals surface area contributed by atoms with Crippen LogP contribution in [-0.2, 0) is 16.1 Å². The molecule has 4 heteroatoms. The molecule has 1 heterocycles. The Morgan fingerprint density at radius 3 is 2.48 bits per heavy atom. The van der Waals surface area contributed by atoms with E-state index in [9.17, 15) is 9.59 Å². The van der Waals surface area contributed by atoms with Crippen LogP contribution in [0.1, 0.15) is 31.7 Å². The predicted octanol–water partition coefficient (Wildman–Crippen LogP) is 2.05. The number of amides is 2. The Labute approximate surface area is 125 Å². The average Bonchev–Trinajstić information content (AvgIpc) is 2.44. The van der Waals surface area contributed by atoms with E-state index in [0.717, 1.165) is 12.1 Å². The smallest absolute Gasteiger partial charge is 0.245 e. The summed E-state index contributed by atoms with van der Waals surface area (Å²) in [6.07, 6.45) is 3.64. The zero-order valence-corrected chi connectivity index (χ0v) is 12.5. The number of nitrogens with zero attached hydrogens (tertiary/aromatic N) is 2. The first-order chi connectivity index (χ1) is 10.1. The standard InChI is InChI=1S/C17H22N2O2/c1-13-17(21)18(10-14-6-3-2-4-7-14)12-16(20)19(13)11-15-8-5-9-15/h2-4,6-7,13,15H,5,8-12H2,1H3/t13-/m1/s1. The molecule has 0 N–H and O–H groups in total. The predicted molar refractivity (Wildman–Crippen MR) is 80.4 cm³/mol. The number of carbonyl (C=O) groups is 2. The van der Waals surface area contributed by atoms with Gasteiger partial charge in [0.15, 0.2) is 0 Å². The molecule has 0 unspecified atom stereocenters. The Balaban J connectivity index is 1.66. The lowest BCUT2D eigenvalue weighted by Crippen LogP contribution is -2.59. The van der Waals surface area contributed by atoms with E-state index in [1.54, 1.807) is 9.80 Å². The van der Waals surface area contributed by atoms with Crippen LogP contribution >= 0.6 is 0 Å². The van der Waals surface area contributed by atoms with Crippen molar-refractivity contribution in [3.8, 4) is 0 Å². The van der Waals surface area contributed by atoms with Gasteiger partial charge in [-0.3, -0.25) is 9.59 Å². The van der Waals surface area contributed by atoms with Gasteiger partial charge in [-0.1, -0.05) is 36.8 Å². The van der Waals surface area contributed by atoms with Crippen LogP contribution in [0, 0.1) is 5.92 Å². The molecule has 1 aromatic rings. The summed E-state index contributed by atoms with van der Waals surface area (Å²) in [6, 6.07) is 9.52. The highest BCUT2D eigenvalue weighted by Crippen LogP contribution is 2.29. The highest BCUT2D eigenvalue weighted by molar-refractivity contribution is 5.94. The van der Waals surface area contributed by atoms with E-state index in [4.69, 9.17) is 0 Å². The molecule has 0 radical (unpaired) electrons. The number of hydrogen-bond acceptors (Lipinski definition) is 2. The summed E-state index contributed by atoms with van der Waals surface area (Å²) in [7, 11) is 0. The maximum absolute atomic E-state index is 12.5. The number of carbonyl (C=O) groups excluding carboxylic acids is 2. The fourth-order valence-electron chi connectivity index (χ4n) is 3.10. The quantitative estimate of drug-likeness (QED) is 0.850. The Morgan fingerprint density at radius 1 is 1.14 bits per heavy atom. The third kappa shape index (κ3) is 2.94. The highest BCUT2D eigenvalue weighted by Gasteiger charge is 2.37. The van der Waals surface area contributed by atoms with Crippen LogP contribution in [0.4, 0.5) is 0 Å². The number of benzene rings is 1. The van der Waals surface area contributed by atoms with E-state index in [-0.39, 0.29) is 24.4 Å². The van der Waals surface area contributed by atoms with Crippen LogP contribution in [0.15, 0.2) is 30.3 Å². The fourth-order valence-corrected chi connectivity index (χ4v) is 3.10. The summed E-state index contributed by atoms with van der Waals surface area (Å²) in [6.45, 7) is 3.35. The first kappa shape index (κ1) is 14.1. The van der Waals surface area contributed by atoms with Gasteiger partial charge < -0.3 is 9.80 Å². The minimum absolute atomic E-state index is 0.0674. The first-order valence-corrected chi connectivity index (χ1v) is 7.77. The van der Waals surface area contributed by atoms with Crippen LogP contribution in [0.3, 0.4) is 0 Å². The minimum Gasteiger partial charge on any atom is -0.329 e. The number of hydrogen-bond donors (Lipinski definition) is 0. The van der Waals surface area contributed by atoms with E-state index in [1.807, 2.05) is 37.3 Å². The molecule has 1 aliphatic heterocycles. The Morgan fingerprint density at radius 2 is 1.86 bits per heavy atom. The van der Waals surface area contributed by atoms with Crippen molar-refractivity contribution in [2.24, 2.45) is 5.92 Å². The maximum atomic E-state index is 12.5. The van der Waals surface area contributed by atoms with E-state index in [0.29, 0.717) is 12.5 Å². The number of rotatable bonds is 4. The van der Waals surface area contributed by atoms with E-state index >= 15 is 0 Å². The van der Waals surface area contributed by atoms with Crippen LogP contribution in [0.2, 0.25) is 0 Å². The third-order valence-corrected chi connectivity index (χ3v) is 4.68. The normalized spacial score (nSPS) is 23.4. The van der Waals surface area contributed by atoms with Gasteiger partial charge in [-0.15, -0.1) is 0 Å².